The van der Waals surface area contributed by atoms with Gasteiger partial charge in [-0.3, -0.25) is 9.97 Å². The molecule has 0 aliphatic heterocycles. The Hall–Kier alpha value is -2.42. The third-order valence-corrected chi connectivity index (χ3v) is 3.21. The Morgan fingerprint density at radius 3 is 2.79 bits per heavy atom. The molecule has 0 saturated heterocycles. The molecule has 0 radical (unpaired) electrons. The number of fused-ring (bicyclic) bond motifs is 1. The summed E-state index contributed by atoms with van der Waals surface area (Å²) in [6.07, 6.45) is 2.43. The topological polar surface area (TPSA) is 51.8 Å². The number of para-hydroxylation sites is 1. The molecule has 0 aliphatic carbocycles. The van der Waals surface area contributed by atoms with Crippen LogP contribution in [0.1, 0.15) is 17.0 Å². The molecule has 2 aromatic heterocycles. The van der Waals surface area contributed by atoms with Crippen LogP contribution in [-0.4, -0.2) is 9.97 Å². The highest BCUT2D eigenvalue weighted by atomic mass is 14.7. The number of nitrogens with zero attached hydrogens (tertiary/aromatic N) is 2. The first-order valence-electron chi connectivity index (χ1n) is 6.28. The number of nitrogen functional groups attached to an aromatic ring is 1. The van der Waals surface area contributed by atoms with Gasteiger partial charge in [-0.15, -0.1) is 0 Å². The van der Waals surface area contributed by atoms with Crippen LogP contribution < -0.4 is 5.73 Å². The second kappa shape index (κ2) is 4.69. The summed E-state index contributed by atoms with van der Waals surface area (Å²) < 4.78 is 0. The van der Waals surface area contributed by atoms with E-state index in [1.807, 2.05) is 31.2 Å². The molecule has 0 amide bonds. The molecule has 0 saturated carbocycles. The van der Waals surface area contributed by atoms with E-state index in [1.165, 1.54) is 0 Å². The van der Waals surface area contributed by atoms with Gasteiger partial charge in [-0.1, -0.05) is 24.3 Å². The van der Waals surface area contributed by atoms with E-state index < -0.39 is 0 Å². The van der Waals surface area contributed by atoms with Crippen molar-refractivity contribution < 1.29 is 0 Å². The summed E-state index contributed by atoms with van der Waals surface area (Å²) in [5, 5.41) is 1.16. The van der Waals surface area contributed by atoms with Crippen LogP contribution in [0.15, 0.2) is 48.7 Å². The summed E-state index contributed by atoms with van der Waals surface area (Å²) in [5.41, 5.74) is 10.6. The van der Waals surface area contributed by atoms with Crippen molar-refractivity contribution in [2.75, 3.05) is 5.73 Å². The maximum atomic E-state index is 5.72. The largest absolute Gasteiger partial charge is 0.397 e. The Morgan fingerprint density at radius 1 is 1.11 bits per heavy atom. The molecule has 3 rings (SSSR count). The van der Waals surface area contributed by atoms with Crippen LogP contribution in [0.3, 0.4) is 0 Å². The molecule has 0 spiro atoms. The van der Waals surface area contributed by atoms with Crippen molar-refractivity contribution in [1.82, 2.24) is 9.97 Å². The SMILES string of the molecule is Cc1cc(N)cnc1Cc1ccc2ccccc2n1. The fourth-order valence-electron chi connectivity index (χ4n) is 2.19. The van der Waals surface area contributed by atoms with Crippen molar-refractivity contribution in [2.45, 2.75) is 13.3 Å². The van der Waals surface area contributed by atoms with Crippen molar-refractivity contribution in [2.24, 2.45) is 0 Å². The molecular formula is C16H15N3. The van der Waals surface area contributed by atoms with Crippen molar-refractivity contribution in [3.63, 3.8) is 0 Å². The zero-order valence-corrected chi connectivity index (χ0v) is 10.8. The quantitative estimate of drug-likeness (QED) is 0.759. The van der Waals surface area contributed by atoms with Crippen LogP contribution in [0.25, 0.3) is 10.9 Å². The Bertz CT molecular complexity index is 735. The van der Waals surface area contributed by atoms with E-state index in [9.17, 15) is 0 Å². The Kier molecular flexibility index (Phi) is 2.88. The molecule has 3 aromatic rings. The number of benzene rings is 1. The molecule has 0 aliphatic rings. The second-order valence-corrected chi connectivity index (χ2v) is 4.70. The van der Waals surface area contributed by atoms with E-state index in [-0.39, 0.29) is 0 Å². The number of hydrogen-bond acceptors (Lipinski definition) is 3. The molecule has 0 fully saturated rings. The number of nitrogens with two attached hydrogens (primary N) is 1. The lowest BCUT2D eigenvalue weighted by atomic mass is 10.1. The Morgan fingerprint density at radius 2 is 1.95 bits per heavy atom. The van der Waals surface area contributed by atoms with Crippen molar-refractivity contribution in [3.05, 3.63) is 65.6 Å². The second-order valence-electron chi connectivity index (χ2n) is 4.70. The molecule has 0 atom stereocenters. The third kappa shape index (κ3) is 2.40. The van der Waals surface area contributed by atoms with Crippen LogP contribution in [0.4, 0.5) is 5.69 Å². The van der Waals surface area contributed by atoms with Gasteiger partial charge in [-0.05, 0) is 30.7 Å². The van der Waals surface area contributed by atoms with Gasteiger partial charge in [0.1, 0.15) is 0 Å². The molecule has 0 unspecified atom stereocenters. The normalized spacial score (nSPS) is 10.8. The molecule has 1 aromatic carbocycles. The minimum Gasteiger partial charge on any atom is -0.397 e. The van der Waals surface area contributed by atoms with Gasteiger partial charge in [-0.25, -0.2) is 0 Å². The molecule has 3 heteroatoms. The van der Waals surface area contributed by atoms with Crippen LogP contribution in [0.5, 0.6) is 0 Å². The average Bonchev–Trinajstić information content (AvgIpc) is 2.42. The van der Waals surface area contributed by atoms with Crippen molar-refractivity contribution in [3.8, 4) is 0 Å². The molecule has 19 heavy (non-hydrogen) atoms. The molecule has 94 valence electrons. The van der Waals surface area contributed by atoms with Crippen LogP contribution in [0, 0.1) is 6.92 Å². The predicted octanol–water partition coefficient (Wildman–Crippen LogP) is 3.11. The first kappa shape index (κ1) is 11.7. The van der Waals surface area contributed by atoms with E-state index in [2.05, 4.69) is 28.2 Å². The fraction of sp³-hybridized carbons (Fsp3) is 0.125. The smallest absolute Gasteiger partial charge is 0.0705 e. The van der Waals surface area contributed by atoms with E-state index in [0.717, 1.165) is 34.3 Å². The summed E-state index contributed by atoms with van der Waals surface area (Å²) in [4.78, 5) is 9.05. The number of rotatable bonds is 2. The lowest BCUT2D eigenvalue weighted by molar-refractivity contribution is 1.01. The van der Waals surface area contributed by atoms with Crippen molar-refractivity contribution >= 4 is 16.6 Å². The Balaban J connectivity index is 1.96. The van der Waals surface area contributed by atoms with Gasteiger partial charge in [-0.2, -0.15) is 0 Å². The van der Waals surface area contributed by atoms with Crippen LogP contribution in [-0.2, 0) is 6.42 Å². The molecular weight excluding hydrogens is 234 g/mol. The number of aryl methyl sites for hydroxylation is 1. The van der Waals surface area contributed by atoms with Gasteiger partial charge in [0.25, 0.3) is 0 Å². The summed E-state index contributed by atoms with van der Waals surface area (Å²) in [7, 11) is 0. The molecule has 0 bridgehead atoms. The van der Waals surface area contributed by atoms with Gasteiger partial charge in [0.2, 0.25) is 0 Å². The zero-order chi connectivity index (χ0) is 13.2. The summed E-state index contributed by atoms with van der Waals surface area (Å²) in [6.45, 7) is 2.03. The zero-order valence-electron chi connectivity index (χ0n) is 10.8. The maximum absolute atomic E-state index is 5.72. The summed E-state index contributed by atoms with van der Waals surface area (Å²) >= 11 is 0. The first-order chi connectivity index (χ1) is 9.22. The fourth-order valence-corrected chi connectivity index (χ4v) is 2.19. The predicted molar refractivity (Wildman–Crippen MR) is 77.9 cm³/mol. The monoisotopic (exact) mass is 249 g/mol. The Labute approximate surface area is 112 Å². The molecule has 3 nitrogen and oxygen atoms in total. The van der Waals surface area contributed by atoms with Gasteiger partial charge < -0.3 is 5.73 Å². The van der Waals surface area contributed by atoms with Crippen LogP contribution in [0.2, 0.25) is 0 Å². The number of pyridine rings is 2. The van der Waals surface area contributed by atoms with Gasteiger partial charge >= 0.3 is 0 Å². The third-order valence-electron chi connectivity index (χ3n) is 3.21. The minimum absolute atomic E-state index is 0.702. The summed E-state index contributed by atoms with van der Waals surface area (Å²) in [6, 6.07) is 14.2. The standard InChI is InChI=1S/C16H15N3/c1-11-8-13(17)10-18-16(11)9-14-7-6-12-4-2-3-5-15(12)19-14/h2-8,10H,9,17H2,1H3. The lowest BCUT2D eigenvalue weighted by Crippen LogP contribution is -1.99. The highest BCUT2D eigenvalue weighted by Crippen LogP contribution is 2.16. The van der Waals surface area contributed by atoms with E-state index in [4.69, 9.17) is 5.73 Å². The number of aromatic nitrogens is 2. The van der Waals surface area contributed by atoms with Gasteiger partial charge in [0, 0.05) is 23.2 Å². The van der Waals surface area contributed by atoms with E-state index >= 15 is 0 Å². The maximum Gasteiger partial charge on any atom is 0.0705 e. The molecule has 2 N–H and O–H groups in total. The van der Waals surface area contributed by atoms with E-state index in [0.29, 0.717) is 5.69 Å². The van der Waals surface area contributed by atoms with Gasteiger partial charge in [0.05, 0.1) is 17.4 Å². The molecule has 2 heterocycles. The minimum atomic E-state index is 0.702. The first-order valence-corrected chi connectivity index (χ1v) is 6.28. The highest BCUT2D eigenvalue weighted by molar-refractivity contribution is 5.78. The number of hydrogen-bond donors (Lipinski definition) is 1. The van der Waals surface area contributed by atoms with Crippen LogP contribution >= 0.6 is 0 Å². The number of anilines is 1. The highest BCUT2D eigenvalue weighted by Gasteiger charge is 2.04. The van der Waals surface area contributed by atoms with Gasteiger partial charge in [0.15, 0.2) is 0 Å². The average molecular weight is 249 g/mol. The van der Waals surface area contributed by atoms with E-state index in [1.54, 1.807) is 6.20 Å². The lowest BCUT2D eigenvalue weighted by Gasteiger charge is -2.06. The van der Waals surface area contributed by atoms with Crippen molar-refractivity contribution in [1.29, 1.82) is 0 Å². The summed E-state index contributed by atoms with van der Waals surface area (Å²) in [5.74, 6) is 0.